The van der Waals surface area contributed by atoms with Crippen LogP contribution in [-0.2, 0) is 4.74 Å². The molecule has 0 bridgehead atoms. The fourth-order valence-corrected chi connectivity index (χ4v) is 2.48. The molecule has 142 valence electrons. The Bertz CT molecular complexity index is 1060. The standard InChI is InChI=1S/C20H15FN2O5/c1-2-27-20(24)16-11-13(23(25)26)12-22-18(16)9-7-14-8-10-19(28-14)15-5-3-4-6-17(15)21/h3-12H,2H2,1H3/b9-7+. The highest BCUT2D eigenvalue weighted by Gasteiger charge is 2.18. The van der Waals surface area contributed by atoms with Crippen LogP contribution in [-0.4, -0.2) is 22.5 Å². The fourth-order valence-electron chi connectivity index (χ4n) is 2.48. The molecule has 1 aromatic carbocycles. The molecule has 0 unspecified atom stereocenters. The molecular formula is C20H15FN2O5. The largest absolute Gasteiger partial charge is 0.462 e. The van der Waals surface area contributed by atoms with Crippen LogP contribution in [0.15, 0.2) is 53.1 Å². The summed E-state index contributed by atoms with van der Waals surface area (Å²) in [4.78, 5) is 26.4. The number of benzene rings is 1. The lowest BCUT2D eigenvalue weighted by Gasteiger charge is -2.04. The third-order valence-corrected chi connectivity index (χ3v) is 3.78. The van der Waals surface area contributed by atoms with E-state index in [0.29, 0.717) is 17.1 Å². The van der Waals surface area contributed by atoms with Gasteiger partial charge in [-0.3, -0.25) is 10.1 Å². The second-order valence-electron chi connectivity index (χ2n) is 5.62. The molecular weight excluding hydrogens is 367 g/mol. The Morgan fingerprint density at radius 3 is 2.79 bits per heavy atom. The Hall–Kier alpha value is -3.81. The van der Waals surface area contributed by atoms with Crippen molar-refractivity contribution in [2.45, 2.75) is 6.92 Å². The Kier molecular flexibility index (Phi) is 5.59. The van der Waals surface area contributed by atoms with Crippen LogP contribution in [0.2, 0.25) is 0 Å². The molecule has 0 saturated heterocycles. The summed E-state index contributed by atoms with van der Waals surface area (Å²) in [6.07, 6.45) is 4.05. The molecule has 0 fully saturated rings. The number of carbonyl (C=O) groups is 1. The second-order valence-corrected chi connectivity index (χ2v) is 5.62. The van der Waals surface area contributed by atoms with Crippen molar-refractivity contribution in [2.24, 2.45) is 0 Å². The van der Waals surface area contributed by atoms with E-state index in [1.165, 1.54) is 18.2 Å². The van der Waals surface area contributed by atoms with Crippen molar-refractivity contribution >= 4 is 23.8 Å². The quantitative estimate of drug-likeness (QED) is 0.347. The van der Waals surface area contributed by atoms with Gasteiger partial charge in [0, 0.05) is 6.07 Å². The molecule has 0 aliphatic heterocycles. The second kappa shape index (κ2) is 8.26. The molecule has 0 amide bonds. The van der Waals surface area contributed by atoms with Gasteiger partial charge >= 0.3 is 5.97 Å². The third-order valence-electron chi connectivity index (χ3n) is 3.78. The number of carbonyl (C=O) groups excluding carboxylic acids is 1. The van der Waals surface area contributed by atoms with Crippen LogP contribution in [0.4, 0.5) is 10.1 Å². The lowest BCUT2D eigenvalue weighted by Crippen LogP contribution is -2.08. The van der Waals surface area contributed by atoms with E-state index in [-0.39, 0.29) is 23.6 Å². The minimum absolute atomic E-state index is 0.0341. The zero-order chi connectivity index (χ0) is 20.1. The highest BCUT2D eigenvalue weighted by molar-refractivity contribution is 5.94. The Balaban J connectivity index is 1.91. The van der Waals surface area contributed by atoms with Gasteiger partial charge in [0.2, 0.25) is 0 Å². The van der Waals surface area contributed by atoms with Gasteiger partial charge in [0.25, 0.3) is 5.69 Å². The van der Waals surface area contributed by atoms with E-state index in [0.717, 1.165) is 12.3 Å². The van der Waals surface area contributed by atoms with E-state index < -0.39 is 16.7 Å². The first-order valence-corrected chi connectivity index (χ1v) is 8.34. The summed E-state index contributed by atoms with van der Waals surface area (Å²) in [6.45, 7) is 1.75. The Labute approximate surface area is 159 Å². The van der Waals surface area contributed by atoms with Gasteiger partial charge in [0.1, 0.15) is 23.5 Å². The van der Waals surface area contributed by atoms with Crippen molar-refractivity contribution < 1.29 is 23.3 Å². The van der Waals surface area contributed by atoms with Crippen LogP contribution in [0.3, 0.4) is 0 Å². The van der Waals surface area contributed by atoms with Crippen LogP contribution in [0.25, 0.3) is 23.5 Å². The number of halogens is 1. The number of esters is 1. The normalized spacial score (nSPS) is 10.9. The summed E-state index contributed by atoms with van der Waals surface area (Å²) in [7, 11) is 0. The van der Waals surface area contributed by atoms with Crippen molar-refractivity contribution in [1.82, 2.24) is 4.98 Å². The van der Waals surface area contributed by atoms with E-state index in [2.05, 4.69) is 4.98 Å². The van der Waals surface area contributed by atoms with Gasteiger partial charge in [-0.2, -0.15) is 0 Å². The predicted octanol–water partition coefficient (Wildman–Crippen LogP) is 4.74. The van der Waals surface area contributed by atoms with Gasteiger partial charge in [-0.1, -0.05) is 12.1 Å². The molecule has 8 heteroatoms. The fraction of sp³-hybridized carbons (Fsp3) is 0.100. The first-order valence-electron chi connectivity index (χ1n) is 8.34. The molecule has 3 aromatic rings. The van der Waals surface area contributed by atoms with E-state index in [1.807, 2.05) is 0 Å². The number of nitrogens with zero attached hydrogens (tertiary/aromatic N) is 2. The number of hydrogen-bond acceptors (Lipinski definition) is 6. The molecule has 0 spiro atoms. The van der Waals surface area contributed by atoms with E-state index in [4.69, 9.17) is 9.15 Å². The van der Waals surface area contributed by atoms with Crippen molar-refractivity contribution in [1.29, 1.82) is 0 Å². The summed E-state index contributed by atoms with van der Waals surface area (Å²) in [5.74, 6) is -0.382. The number of rotatable bonds is 6. The highest BCUT2D eigenvalue weighted by Crippen LogP contribution is 2.26. The maximum absolute atomic E-state index is 13.9. The van der Waals surface area contributed by atoms with Gasteiger partial charge in [-0.15, -0.1) is 0 Å². The van der Waals surface area contributed by atoms with Crippen molar-refractivity contribution in [3.8, 4) is 11.3 Å². The average molecular weight is 382 g/mol. The first kappa shape index (κ1) is 19.0. The van der Waals surface area contributed by atoms with E-state index >= 15 is 0 Å². The van der Waals surface area contributed by atoms with Gasteiger partial charge in [0.05, 0.1) is 28.4 Å². The molecule has 0 aliphatic carbocycles. The number of hydrogen-bond donors (Lipinski definition) is 0. The molecule has 0 aliphatic rings. The molecule has 3 rings (SSSR count). The minimum atomic E-state index is -0.718. The number of ether oxygens (including phenoxy) is 1. The zero-order valence-electron chi connectivity index (χ0n) is 14.8. The summed E-state index contributed by atoms with van der Waals surface area (Å²) in [6, 6.07) is 10.6. The molecule has 0 atom stereocenters. The number of furan rings is 1. The van der Waals surface area contributed by atoms with Gasteiger partial charge in [0.15, 0.2) is 0 Å². The van der Waals surface area contributed by atoms with Crippen molar-refractivity contribution in [2.75, 3.05) is 6.61 Å². The maximum atomic E-state index is 13.9. The van der Waals surface area contributed by atoms with Crippen LogP contribution < -0.4 is 0 Å². The van der Waals surface area contributed by atoms with Crippen LogP contribution in [0.1, 0.15) is 28.7 Å². The SMILES string of the molecule is CCOC(=O)c1cc([N+](=O)[O-])cnc1/C=C/c1ccc(-c2ccccc2F)o1. The van der Waals surface area contributed by atoms with Crippen LogP contribution in [0, 0.1) is 15.9 Å². The number of aromatic nitrogens is 1. The molecule has 0 radical (unpaired) electrons. The summed E-state index contributed by atoms with van der Waals surface area (Å²) >= 11 is 0. The molecule has 2 heterocycles. The average Bonchev–Trinajstić information content (AvgIpc) is 3.15. The lowest BCUT2D eigenvalue weighted by atomic mass is 10.1. The smallest absolute Gasteiger partial charge is 0.340 e. The van der Waals surface area contributed by atoms with E-state index in [9.17, 15) is 19.3 Å². The Morgan fingerprint density at radius 1 is 1.29 bits per heavy atom. The molecule has 2 aromatic heterocycles. The van der Waals surface area contributed by atoms with Gasteiger partial charge in [-0.25, -0.2) is 14.2 Å². The highest BCUT2D eigenvalue weighted by atomic mass is 19.1. The predicted molar refractivity (Wildman–Crippen MR) is 99.9 cm³/mol. The Morgan fingerprint density at radius 2 is 2.07 bits per heavy atom. The minimum Gasteiger partial charge on any atom is -0.462 e. The van der Waals surface area contributed by atoms with Crippen LogP contribution in [0.5, 0.6) is 0 Å². The monoisotopic (exact) mass is 382 g/mol. The topological polar surface area (TPSA) is 95.5 Å². The molecule has 7 nitrogen and oxygen atoms in total. The third kappa shape index (κ3) is 4.12. The van der Waals surface area contributed by atoms with Crippen LogP contribution >= 0.6 is 0 Å². The van der Waals surface area contributed by atoms with Crippen molar-refractivity contribution in [3.63, 3.8) is 0 Å². The number of nitro groups is 1. The molecule has 0 N–H and O–H groups in total. The molecule has 0 saturated carbocycles. The molecule has 28 heavy (non-hydrogen) atoms. The number of pyridine rings is 1. The summed E-state index contributed by atoms with van der Waals surface area (Å²) < 4.78 is 24.4. The van der Waals surface area contributed by atoms with E-state index in [1.54, 1.807) is 37.3 Å². The van der Waals surface area contributed by atoms with Crippen molar-refractivity contribution in [3.05, 3.63) is 81.6 Å². The zero-order valence-corrected chi connectivity index (χ0v) is 14.8. The van der Waals surface area contributed by atoms with Gasteiger partial charge in [-0.05, 0) is 43.3 Å². The first-order chi connectivity index (χ1) is 13.5. The lowest BCUT2D eigenvalue weighted by molar-refractivity contribution is -0.385. The summed E-state index contributed by atoms with van der Waals surface area (Å²) in [5.41, 5.74) is 0.156. The van der Waals surface area contributed by atoms with Gasteiger partial charge < -0.3 is 9.15 Å². The maximum Gasteiger partial charge on any atom is 0.340 e. The summed E-state index contributed by atoms with van der Waals surface area (Å²) in [5, 5.41) is 10.9.